The van der Waals surface area contributed by atoms with E-state index in [1.165, 1.54) is 6.20 Å². The van der Waals surface area contributed by atoms with E-state index in [1.54, 1.807) is 19.1 Å². The lowest BCUT2D eigenvalue weighted by atomic mass is 9.82. The molecule has 3 rings (SSSR count). The molecule has 2 atom stereocenters. The van der Waals surface area contributed by atoms with Gasteiger partial charge in [-0.05, 0) is 42.8 Å². The Kier molecular flexibility index (Phi) is 7.33. The SMILES string of the molecule is C=N/C=C\C(=C/C)C[C@H]1C(=O)N(C(=O)NC(c2ccccc2)c2ccccc2)[C@@H]1C(=O)O. The van der Waals surface area contributed by atoms with E-state index in [9.17, 15) is 19.5 Å². The van der Waals surface area contributed by atoms with Crippen LogP contribution in [0.25, 0.3) is 0 Å². The second kappa shape index (κ2) is 10.3. The number of amides is 3. The largest absolute Gasteiger partial charge is 0.480 e. The van der Waals surface area contributed by atoms with E-state index in [2.05, 4.69) is 17.0 Å². The van der Waals surface area contributed by atoms with Crippen molar-refractivity contribution in [2.45, 2.75) is 25.4 Å². The lowest BCUT2D eigenvalue weighted by Crippen LogP contribution is -2.68. The van der Waals surface area contributed by atoms with Crippen LogP contribution < -0.4 is 5.32 Å². The molecule has 1 saturated heterocycles. The number of hydrogen-bond donors (Lipinski definition) is 2. The Morgan fingerprint density at radius 2 is 1.69 bits per heavy atom. The van der Waals surface area contributed by atoms with Crippen LogP contribution in [0.3, 0.4) is 0 Å². The van der Waals surface area contributed by atoms with Crippen molar-refractivity contribution in [1.82, 2.24) is 10.2 Å². The number of imide groups is 1. The summed E-state index contributed by atoms with van der Waals surface area (Å²) in [7, 11) is 0. The van der Waals surface area contributed by atoms with Crippen molar-refractivity contribution in [1.29, 1.82) is 0 Å². The minimum absolute atomic E-state index is 0.197. The summed E-state index contributed by atoms with van der Waals surface area (Å²) in [6.07, 6.45) is 5.12. The van der Waals surface area contributed by atoms with E-state index in [1.807, 2.05) is 60.7 Å². The van der Waals surface area contributed by atoms with Crippen LogP contribution in [0.15, 0.2) is 89.6 Å². The Hall–Kier alpha value is -4.00. The predicted molar refractivity (Wildman–Crippen MR) is 122 cm³/mol. The number of β-lactam (4-membered cyclic amide) rings is 1. The molecule has 0 aromatic heterocycles. The Morgan fingerprint density at radius 1 is 1.12 bits per heavy atom. The highest BCUT2D eigenvalue weighted by Gasteiger charge is 2.54. The standard InChI is InChI=1S/C25H25N3O4/c1-3-17(14-15-26-2)16-20-22(24(30)31)28(23(20)29)25(32)27-21(18-10-6-4-7-11-18)19-12-8-5-9-13-19/h3-15,20-22H,2,16H2,1H3,(H,27,32)(H,30,31)/b15-14-,17-3+/t20-,22+/m1/s1. The van der Waals surface area contributed by atoms with Crippen molar-refractivity contribution in [3.63, 3.8) is 0 Å². The van der Waals surface area contributed by atoms with E-state index < -0.39 is 35.9 Å². The monoisotopic (exact) mass is 431 g/mol. The molecule has 0 saturated carbocycles. The van der Waals surface area contributed by atoms with Gasteiger partial charge in [0, 0.05) is 6.20 Å². The zero-order valence-electron chi connectivity index (χ0n) is 17.7. The highest BCUT2D eigenvalue weighted by atomic mass is 16.4. The zero-order chi connectivity index (χ0) is 23.1. The molecule has 1 fully saturated rings. The molecule has 2 N–H and O–H groups in total. The quantitative estimate of drug-likeness (QED) is 0.376. The highest BCUT2D eigenvalue weighted by molar-refractivity contribution is 6.07. The average Bonchev–Trinajstić information content (AvgIpc) is 2.81. The fraction of sp³-hybridized carbons (Fsp3) is 0.200. The normalized spacial score (nSPS) is 18.5. The van der Waals surface area contributed by atoms with Gasteiger partial charge in [-0.3, -0.25) is 9.79 Å². The highest BCUT2D eigenvalue weighted by Crippen LogP contribution is 2.33. The van der Waals surface area contributed by atoms with Crippen LogP contribution in [0.5, 0.6) is 0 Å². The summed E-state index contributed by atoms with van der Waals surface area (Å²) in [6.45, 7) is 5.15. The van der Waals surface area contributed by atoms with E-state index in [0.717, 1.165) is 21.6 Å². The number of carboxylic acid groups (broad SMARTS) is 1. The first-order chi connectivity index (χ1) is 15.5. The lowest BCUT2D eigenvalue weighted by Gasteiger charge is -2.43. The number of likely N-dealkylation sites (tertiary alicyclic amines) is 1. The van der Waals surface area contributed by atoms with Gasteiger partial charge in [0.05, 0.1) is 12.0 Å². The minimum Gasteiger partial charge on any atom is -0.480 e. The number of carbonyl (C=O) groups is 3. The number of carboxylic acids is 1. The summed E-state index contributed by atoms with van der Waals surface area (Å²) in [4.78, 5) is 42.2. The Labute approximate surface area is 186 Å². The van der Waals surface area contributed by atoms with E-state index in [-0.39, 0.29) is 6.42 Å². The summed E-state index contributed by atoms with van der Waals surface area (Å²) in [5.41, 5.74) is 2.39. The van der Waals surface area contributed by atoms with Crippen molar-refractivity contribution in [2.75, 3.05) is 0 Å². The van der Waals surface area contributed by atoms with Crippen molar-refractivity contribution in [2.24, 2.45) is 10.9 Å². The topological polar surface area (TPSA) is 99.1 Å². The van der Waals surface area contributed by atoms with Gasteiger partial charge in [-0.1, -0.05) is 66.7 Å². The molecular formula is C25H25N3O4. The zero-order valence-corrected chi connectivity index (χ0v) is 17.7. The lowest BCUT2D eigenvalue weighted by molar-refractivity contribution is -0.165. The number of benzene rings is 2. The van der Waals surface area contributed by atoms with E-state index in [4.69, 9.17) is 0 Å². The summed E-state index contributed by atoms with van der Waals surface area (Å²) in [5, 5.41) is 12.6. The molecule has 1 aliphatic heterocycles. The van der Waals surface area contributed by atoms with Crippen molar-refractivity contribution >= 4 is 24.6 Å². The number of allylic oxidation sites excluding steroid dienone is 3. The molecule has 1 heterocycles. The van der Waals surface area contributed by atoms with Crippen LogP contribution in [-0.4, -0.2) is 40.7 Å². The van der Waals surface area contributed by atoms with E-state index in [0.29, 0.717) is 0 Å². The summed E-state index contributed by atoms with van der Waals surface area (Å²) < 4.78 is 0. The van der Waals surface area contributed by atoms with Gasteiger partial charge in [-0.25, -0.2) is 14.5 Å². The predicted octanol–water partition coefficient (Wildman–Crippen LogP) is 3.95. The Morgan fingerprint density at radius 3 is 2.16 bits per heavy atom. The molecular weight excluding hydrogens is 406 g/mol. The number of nitrogens with one attached hydrogen (secondary N) is 1. The van der Waals surface area contributed by atoms with E-state index >= 15 is 0 Å². The average molecular weight is 431 g/mol. The third-order valence-corrected chi connectivity index (χ3v) is 5.44. The van der Waals surface area contributed by atoms with Crippen LogP contribution in [0.2, 0.25) is 0 Å². The van der Waals surface area contributed by atoms with Crippen molar-refractivity contribution in [3.8, 4) is 0 Å². The molecule has 0 unspecified atom stereocenters. The van der Waals surface area contributed by atoms with Crippen LogP contribution in [-0.2, 0) is 9.59 Å². The third kappa shape index (κ3) is 4.83. The van der Waals surface area contributed by atoms with Gasteiger partial charge >= 0.3 is 12.0 Å². The molecule has 0 radical (unpaired) electrons. The first-order valence-corrected chi connectivity index (χ1v) is 10.2. The van der Waals surface area contributed by atoms with Gasteiger partial charge in [0.1, 0.15) is 0 Å². The van der Waals surface area contributed by atoms with Gasteiger partial charge in [-0.15, -0.1) is 0 Å². The number of aliphatic imine (C=N–C) groups is 1. The summed E-state index contributed by atoms with van der Waals surface area (Å²) >= 11 is 0. The van der Waals surface area contributed by atoms with Gasteiger partial charge in [0.15, 0.2) is 6.04 Å². The van der Waals surface area contributed by atoms with Gasteiger partial charge < -0.3 is 10.4 Å². The Bertz CT molecular complexity index is 1010. The fourth-order valence-electron chi connectivity index (χ4n) is 3.78. The van der Waals surface area contributed by atoms with Crippen LogP contribution in [0.1, 0.15) is 30.5 Å². The molecule has 3 amide bonds. The molecule has 2 aromatic rings. The summed E-state index contributed by atoms with van der Waals surface area (Å²) in [6, 6.07) is 16.1. The van der Waals surface area contributed by atoms with Crippen molar-refractivity contribution in [3.05, 3.63) is 95.7 Å². The second-order valence-corrected chi connectivity index (χ2v) is 7.37. The maximum absolute atomic E-state index is 13.1. The van der Waals surface area contributed by atoms with Crippen molar-refractivity contribution < 1.29 is 19.5 Å². The Balaban J connectivity index is 1.82. The minimum atomic E-state index is -1.24. The second-order valence-electron chi connectivity index (χ2n) is 7.37. The molecule has 32 heavy (non-hydrogen) atoms. The smallest absolute Gasteiger partial charge is 0.327 e. The molecule has 0 bridgehead atoms. The first-order valence-electron chi connectivity index (χ1n) is 10.2. The molecule has 0 aliphatic carbocycles. The fourth-order valence-corrected chi connectivity index (χ4v) is 3.78. The molecule has 7 heteroatoms. The van der Waals surface area contributed by atoms with Gasteiger partial charge in [-0.2, -0.15) is 0 Å². The molecule has 0 spiro atoms. The number of aliphatic carboxylic acids is 1. The van der Waals surface area contributed by atoms with Gasteiger partial charge in [0.2, 0.25) is 5.91 Å². The van der Waals surface area contributed by atoms with Crippen LogP contribution in [0, 0.1) is 5.92 Å². The maximum Gasteiger partial charge on any atom is 0.327 e. The molecule has 2 aromatic carbocycles. The molecule has 1 aliphatic rings. The molecule has 164 valence electrons. The number of urea groups is 1. The number of rotatable bonds is 8. The number of carbonyl (C=O) groups excluding carboxylic acids is 2. The summed E-state index contributed by atoms with van der Waals surface area (Å²) in [5.74, 6) is -2.57. The van der Waals surface area contributed by atoms with Crippen LogP contribution >= 0.6 is 0 Å². The first kappa shape index (κ1) is 22.7. The van der Waals surface area contributed by atoms with Crippen LogP contribution in [0.4, 0.5) is 4.79 Å². The molecule has 7 nitrogen and oxygen atoms in total. The number of nitrogens with zero attached hydrogens (tertiary/aromatic N) is 2. The third-order valence-electron chi connectivity index (χ3n) is 5.44. The van der Waals surface area contributed by atoms with Gasteiger partial charge in [0.25, 0.3) is 0 Å². The number of hydrogen-bond acceptors (Lipinski definition) is 4. The maximum atomic E-state index is 13.1.